The van der Waals surface area contributed by atoms with E-state index in [1.165, 1.54) is 44.9 Å². The van der Waals surface area contributed by atoms with Gasteiger partial charge in [-0.1, -0.05) is 66.2 Å². The van der Waals surface area contributed by atoms with Crippen LogP contribution in [0.15, 0.2) is 0 Å². The van der Waals surface area contributed by atoms with Gasteiger partial charge in [0.1, 0.15) is 0 Å². The van der Waals surface area contributed by atoms with E-state index in [9.17, 15) is 0 Å². The van der Waals surface area contributed by atoms with Crippen molar-refractivity contribution in [3.63, 3.8) is 0 Å². The average molecular weight is 315 g/mol. The van der Waals surface area contributed by atoms with E-state index in [0.717, 1.165) is 12.8 Å². The van der Waals surface area contributed by atoms with Gasteiger partial charge in [-0.25, -0.2) is 0 Å². The Bertz CT molecular complexity index is 240. The molecule has 0 aromatic heterocycles. The lowest BCUT2D eigenvalue weighted by atomic mass is 9.94. The van der Waals surface area contributed by atoms with Gasteiger partial charge in [0.2, 0.25) is 0 Å². The van der Waals surface area contributed by atoms with Crippen LogP contribution in [-0.4, -0.2) is 18.0 Å². The van der Waals surface area contributed by atoms with E-state index in [1.54, 1.807) is 0 Å². The van der Waals surface area contributed by atoms with Gasteiger partial charge in [-0.2, -0.15) is 0 Å². The molecule has 3 atom stereocenters. The fourth-order valence-corrected chi connectivity index (χ4v) is 2.72. The molecule has 0 aromatic carbocycles. The van der Waals surface area contributed by atoms with Gasteiger partial charge in [-0.15, -0.1) is 0 Å². The second-order valence-electron chi connectivity index (χ2n) is 7.15. The van der Waals surface area contributed by atoms with Crippen LogP contribution in [0.4, 0.5) is 0 Å². The maximum absolute atomic E-state index is 6.29. The number of hydrogen-bond donors (Lipinski definition) is 0. The first-order valence-electron chi connectivity index (χ1n) is 9.75. The lowest BCUT2D eigenvalue weighted by Gasteiger charge is -2.39. The topological polar surface area (TPSA) is 18.5 Å². The van der Waals surface area contributed by atoms with Crippen LogP contribution >= 0.6 is 0 Å². The summed E-state index contributed by atoms with van der Waals surface area (Å²) in [6, 6.07) is 0. The Balaban J connectivity index is 4.38. The standard InChI is InChI=1S/C20H42O2/c1-8-11-12-13-14-15-16-17(4)20(7,21-18(5)9-2)22-19(6)10-3/h17-19H,8-16H2,1-7H3. The molecule has 0 spiro atoms. The first kappa shape index (κ1) is 21.9. The molecule has 0 aromatic rings. The summed E-state index contributed by atoms with van der Waals surface area (Å²) < 4.78 is 12.6. The second-order valence-corrected chi connectivity index (χ2v) is 7.15. The van der Waals surface area contributed by atoms with Crippen molar-refractivity contribution in [2.24, 2.45) is 5.92 Å². The molecule has 2 heteroatoms. The Hall–Kier alpha value is -0.0800. The van der Waals surface area contributed by atoms with Crippen LogP contribution in [0.5, 0.6) is 0 Å². The molecular formula is C20H42O2. The van der Waals surface area contributed by atoms with Gasteiger partial charge in [0, 0.05) is 5.92 Å². The highest BCUT2D eigenvalue weighted by atomic mass is 16.7. The molecule has 0 saturated heterocycles. The van der Waals surface area contributed by atoms with Crippen LogP contribution in [0.2, 0.25) is 0 Å². The lowest BCUT2D eigenvalue weighted by molar-refractivity contribution is -0.288. The third-order valence-corrected chi connectivity index (χ3v) is 4.91. The summed E-state index contributed by atoms with van der Waals surface area (Å²) in [7, 11) is 0. The van der Waals surface area contributed by atoms with Gasteiger partial charge in [0.05, 0.1) is 12.2 Å². The molecular weight excluding hydrogens is 272 g/mol. The molecule has 0 aliphatic rings. The molecule has 0 heterocycles. The summed E-state index contributed by atoms with van der Waals surface area (Å²) in [6.07, 6.45) is 11.8. The maximum atomic E-state index is 6.29. The number of unbranched alkanes of at least 4 members (excludes halogenated alkanes) is 5. The highest BCUT2D eigenvalue weighted by Gasteiger charge is 2.35. The zero-order valence-corrected chi connectivity index (χ0v) is 16.4. The van der Waals surface area contributed by atoms with E-state index in [1.807, 2.05) is 0 Å². The van der Waals surface area contributed by atoms with Crippen molar-refractivity contribution in [2.75, 3.05) is 0 Å². The second kappa shape index (κ2) is 12.4. The van der Waals surface area contributed by atoms with Crippen LogP contribution in [0.25, 0.3) is 0 Å². The van der Waals surface area contributed by atoms with Crippen molar-refractivity contribution < 1.29 is 9.47 Å². The van der Waals surface area contributed by atoms with Crippen LogP contribution in [0.1, 0.15) is 106 Å². The molecule has 0 bridgehead atoms. The molecule has 0 aliphatic heterocycles. The molecule has 0 rings (SSSR count). The molecule has 0 radical (unpaired) electrons. The van der Waals surface area contributed by atoms with Gasteiger partial charge in [-0.3, -0.25) is 0 Å². The van der Waals surface area contributed by atoms with E-state index in [-0.39, 0.29) is 12.2 Å². The van der Waals surface area contributed by atoms with E-state index in [2.05, 4.69) is 48.5 Å². The Morgan fingerprint density at radius 3 is 1.64 bits per heavy atom. The zero-order valence-electron chi connectivity index (χ0n) is 16.4. The van der Waals surface area contributed by atoms with E-state index >= 15 is 0 Å². The van der Waals surface area contributed by atoms with Crippen LogP contribution in [0, 0.1) is 5.92 Å². The largest absolute Gasteiger partial charge is 0.347 e. The van der Waals surface area contributed by atoms with Crippen LogP contribution < -0.4 is 0 Å². The summed E-state index contributed by atoms with van der Waals surface area (Å²) in [5.41, 5.74) is 0. The van der Waals surface area contributed by atoms with Crippen molar-refractivity contribution in [3.8, 4) is 0 Å². The molecule has 0 saturated carbocycles. The fraction of sp³-hybridized carbons (Fsp3) is 1.00. The molecule has 0 fully saturated rings. The van der Waals surface area contributed by atoms with E-state index < -0.39 is 5.79 Å². The summed E-state index contributed by atoms with van der Waals surface area (Å²) in [5, 5.41) is 0. The summed E-state index contributed by atoms with van der Waals surface area (Å²) in [5.74, 6) is -0.0180. The van der Waals surface area contributed by atoms with Crippen molar-refractivity contribution >= 4 is 0 Å². The van der Waals surface area contributed by atoms with E-state index in [4.69, 9.17) is 9.47 Å². The van der Waals surface area contributed by atoms with Crippen LogP contribution in [-0.2, 0) is 9.47 Å². The smallest absolute Gasteiger partial charge is 0.168 e. The highest BCUT2D eigenvalue weighted by Crippen LogP contribution is 2.31. The monoisotopic (exact) mass is 314 g/mol. The zero-order chi connectivity index (χ0) is 17.0. The molecule has 2 nitrogen and oxygen atoms in total. The number of ether oxygens (including phenoxy) is 2. The minimum absolute atomic E-state index is 0.251. The molecule has 22 heavy (non-hydrogen) atoms. The average Bonchev–Trinajstić information content (AvgIpc) is 2.49. The summed E-state index contributed by atoms with van der Waals surface area (Å²) in [6.45, 7) is 15.3. The number of rotatable bonds is 14. The van der Waals surface area contributed by atoms with Gasteiger partial charge >= 0.3 is 0 Å². The lowest BCUT2D eigenvalue weighted by Crippen LogP contribution is -2.44. The normalized spacial score (nSPS) is 18.7. The molecule has 134 valence electrons. The minimum Gasteiger partial charge on any atom is -0.347 e. The summed E-state index contributed by atoms with van der Waals surface area (Å²) >= 11 is 0. The first-order chi connectivity index (χ1) is 10.4. The number of hydrogen-bond acceptors (Lipinski definition) is 2. The molecule has 3 unspecified atom stereocenters. The maximum Gasteiger partial charge on any atom is 0.168 e. The SMILES string of the molecule is CCCCCCCCC(C)C(C)(OC(C)CC)OC(C)CC. The summed E-state index contributed by atoms with van der Waals surface area (Å²) in [4.78, 5) is 0. The van der Waals surface area contributed by atoms with Gasteiger partial charge in [-0.05, 0) is 40.0 Å². The van der Waals surface area contributed by atoms with Crippen molar-refractivity contribution in [3.05, 3.63) is 0 Å². The highest BCUT2D eigenvalue weighted by molar-refractivity contribution is 4.75. The van der Waals surface area contributed by atoms with Gasteiger partial charge in [0.25, 0.3) is 0 Å². The van der Waals surface area contributed by atoms with Gasteiger partial charge in [0.15, 0.2) is 5.79 Å². The van der Waals surface area contributed by atoms with Crippen molar-refractivity contribution in [2.45, 2.75) is 124 Å². The Morgan fingerprint density at radius 2 is 1.18 bits per heavy atom. The molecule has 0 amide bonds. The third kappa shape index (κ3) is 9.15. The van der Waals surface area contributed by atoms with Crippen LogP contribution in [0.3, 0.4) is 0 Å². The van der Waals surface area contributed by atoms with Crippen molar-refractivity contribution in [1.82, 2.24) is 0 Å². The molecule has 0 aliphatic carbocycles. The van der Waals surface area contributed by atoms with Gasteiger partial charge < -0.3 is 9.47 Å². The Labute approximate surface area is 140 Å². The predicted octanol–water partition coefficient (Wildman–Crippen LogP) is 6.72. The molecule has 0 N–H and O–H groups in total. The third-order valence-electron chi connectivity index (χ3n) is 4.91. The van der Waals surface area contributed by atoms with E-state index in [0.29, 0.717) is 5.92 Å². The predicted molar refractivity (Wildman–Crippen MR) is 97.2 cm³/mol. The Kier molecular flexibility index (Phi) is 12.3. The quantitative estimate of drug-likeness (QED) is 0.262. The van der Waals surface area contributed by atoms with Crippen molar-refractivity contribution in [1.29, 1.82) is 0 Å². The Morgan fingerprint density at radius 1 is 0.727 bits per heavy atom. The first-order valence-corrected chi connectivity index (χ1v) is 9.75. The minimum atomic E-state index is -0.450. The fourth-order valence-electron chi connectivity index (χ4n) is 2.72.